The van der Waals surface area contributed by atoms with Crippen LogP contribution in [0, 0.1) is 12.7 Å². The second-order valence-corrected chi connectivity index (χ2v) is 5.83. The van der Waals surface area contributed by atoms with E-state index in [1.54, 1.807) is 12.1 Å². The van der Waals surface area contributed by atoms with E-state index < -0.39 is 0 Å². The average molecular weight is 313 g/mol. The minimum absolute atomic E-state index is 0.133. The molecule has 0 spiro atoms. The normalized spacial score (nSPS) is 12.5. The van der Waals surface area contributed by atoms with E-state index in [1.807, 2.05) is 36.6 Å². The maximum Gasteiger partial charge on any atom is 0.140 e. The number of rotatable bonds is 3. The van der Waals surface area contributed by atoms with E-state index in [1.165, 1.54) is 12.1 Å². The van der Waals surface area contributed by atoms with E-state index >= 15 is 0 Å². The fourth-order valence-electron chi connectivity index (χ4n) is 2.59. The summed E-state index contributed by atoms with van der Waals surface area (Å²) in [7, 11) is 0. The quantitative estimate of drug-likeness (QED) is 0.747. The van der Waals surface area contributed by atoms with Gasteiger partial charge in [0, 0.05) is 17.7 Å². The number of benzene rings is 1. The lowest BCUT2D eigenvalue weighted by atomic mass is 10.0. The minimum atomic E-state index is -0.271. The molecule has 1 atom stereocenters. The summed E-state index contributed by atoms with van der Waals surface area (Å²) in [5.41, 5.74) is 10.3. The van der Waals surface area contributed by atoms with Gasteiger partial charge in [-0.15, -0.1) is 0 Å². The van der Waals surface area contributed by atoms with Crippen LogP contribution < -0.4 is 5.73 Å². The molecule has 0 bridgehead atoms. The average Bonchev–Trinajstić information content (AvgIpc) is 2.88. The number of aryl methyl sites for hydroxylation is 1. The van der Waals surface area contributed by atoms with Gasteiger partial charge in [-0.25, -0.2) is 9.37 Å². The Morgan fingerprint density at radius 1 is 1.27 bits per heavy atom. The summed E-state index contributed by atoms with van der Waals surface area (Å²) in [5, 5.41) is 0. The fourth-order valence-corrected chi connectivity index (χ4v) is 2.70. The largest absolute Gasteiger partial charge is 0.393 e. The second-order valence-electron chi connectivity index (χ2n) is 5.36. The van der Waals surface area contributed by atoms with Crippen molar-refractivity contribution in [3.8, 4) is 11.3 Å². The van der Waals surface area contributed by atoms with Gasteiger partial charge in [-0.1, -0.05) is 25.2 Å². The monoisotopic (exact) mass is 313 g/mol. The molecule has 0 aliphatic rings. The number of nitrogens with two attached hydrogens (primary N) is 1. The van der Waals surface area contributed by atoms with Gasteiger partial charge in [0.15, 0.2) is 0 Å². The number of hydrogen-bond acceptors (Lipinski definition) is 2. The van der Waals surface area contributed by atoms with Crippen molar-refractivity contribution >= 4 is 22.9 Å². The molecule has 0 saturated heterocycles. The maximum absolute atomic E-state index is 13.2. The van der Waals surface area contributed by atoms with Crippen molar-refractivity contribution < 1.29 is 4.39 Å². The van der Waals surface area contributed by atoms with E-state index in [4.69, 9.17) is 22.9 Å². The van der Waals surface area contributed by atoms with Crippen LogP contribution in [0.5, 0.6) is 0 Å². The molecule has 3 aromatic rings. The molecule has 3 rings (SSSR count). The van der Waals surface area contributed by atoms with Gasteiger partial charge in [-0.3, -0.25) is 0 Å². The van der Waals surface area contributed by atoms with E-state index in [0.717, 1.165) is 28.2 Å². The molecule has 0 radical (unpaired) electrons. The lowest BCUT2D eigenvalue weighted by molar-refractivity contribution is 0.628. The molecular formula is C17H16FN3S. The summed E-state index contributed by atoms with van der Waals surface area (Å²) in [6, 6.07) is 10.3. The molecule has 0 amide bonds. The molecule has 2 N–H and O–H groups in total. The maximum atomic E-state index is 13.2. The molecule has 0 fully saturated rings. The van der Waals surface area contributed by atoms with E-state index in [9.17, 15) is 4.39 Å². The molecule has 0 aliphatic heterocycles. The number of aromatic nitrogens is 2. The van der Waals surface area contributed by atoms with Crippen molar-refractivity contribution in [3.05, 3.63) is 59.7 Å². The number of imidazole rings is 1. The van der Waals surface area contributed by atoms with Gasteiger partial charge >= 0.3 is 0 Å². The number of fused-ring (bicyclic) bond motifs is 1. The fraction of sp³-hybridized carbons (Fsp3) is 0.176. The summed E-state index contributed by atoms with van der Waals surface area (Å²) in [6.07, 6.45) is 1.95. The van der Waals surface area contributed by atoms with E-state index in [0.29, 0.717) is 4.99 Å². The van der Waals surface area contributed by atoms with Gasteiger partial charge in [0.25, 0.3) is 0 Å². The van der Waals surface area contributed by atoms with Gasteiger partial charge in [0.2, 0.25) is 0 Å². The van der Waals surface area contributed by atoms with Crippen LogP contribution in [-0.4, -0.2) is 14.4 Å². The predicted octanol–water partition coefficient (Wildman–Crippen LogP) is 3.84. The molecule has 3 nitrogen and oxygen atoms in total. The number of pyridine rings is 1. The molecule has 0 aliphatic carbocycles. The van der Waals surface area contributed by atoms with Crippen molar-refractivity contribution in [2.75, 3.05) is 0 Å². The first kappa shape index (κ1) is 14.7. The molecular weight excluding hydrogens is 297 g/mol. The molecule has 1 aromatic carbocycles. The standard InChI is InChI=1S/C17H16FN3S/c1-10-4-3-9-21-15(11(2)16(19)22)14(20-17(10)21)12-5-7-13(18)8-6-12/h3-9,11H,1-2H3,(H2,19,22). The van der Waals surface area contributed by atoms with Crippen molar-refractivity contribution in [1.29, 1.82) is 0 Å². The third-order valence-electron chi connectivity index (χ3n) is 3.84. The van der Waals surface area contributed by atoms with Crippen LogP contribution in [-0.2, 0) is 0 Å². The molecule has 22 heavy (non-hydrogen) atoms. The van der Waals surface area contributed by atoms with Crippen LogP contribution in [0.3, 0.4) is 0 Å². The van der Waals surface area contributed by atoms with Gasteiger partial charge < -0.3 is 10.1 Å². The topological polar surface area (TPSA) is 43.3 Å². The lowest BCUT2D eigenvalue weighted by Gasteiger charge is -2.12. The SMILES string of the molecule is Cc1cccn2c(C(C)C(N)=S)c(-c3ccc(F)cc3)nc12. The number of hydrogen-bond donors (Lipinski definition) is 1. The zero-order chi connectivity index (χ0) is 15.9. The molecule has 5 heteroatoms. The zero-order valence-electron chi connectivity index (χ0n) is 12.4. The van der Waals surface area contributed by atoms with Crippen LogP contribution in [0.25, 0.3) is 16.9 Å². The first-order valence-electron chi connectivity index (χ1n) is 7.02. The Morgan fingerprint density at radius 3 is 2.59 bits per heavy atom. The minimum Gasteiger partial charge on any atom is -0.393 e. The molecule has 1 unspecified atom stereocenters. The van der Waals surface area contributed by atoms with Crippen molar-refractivity contribution in [3.63, 3.8) is 0 Å². The Kier molecular flexibility index (Phi) is 3.66. The van der Waals surface area contributed by atoms with E-state index in [2.05, 4.69) is 0 Å². The third-order valence-corrected chi connectivity index (χ3v) is 4.19. The van der Waals surface area contributed by atoms with Crippen molar-refractivity contribution in [2.24, 2.45) is 5.73 Å². The van der Waals surface area contributed by atoms with Gasteiger partial charge in [-0.2, -0.15) is 0 Å². The second kappa shape index (κ2) is 5.50. The Balaban J connectivity index is 2.33. The number of thiocarbonyl (C=S) groups is 1. The summed E-state index contributed by atoms with van der Waals surface area (Å²) in [4.78, 5) is 5.15. The van der Waals surface area contributed by atoms with Crippen molar-refractivity contribution in [2.45, 2.75) is 19.8 Å². The van der Waals surface area contributed by atoms with Crippen LogP contribution >= 0.6 is 12.2 Å². The number of nitrogens with zero attached hydrogens (tertiary/aromatic N) is 2. The van der Waals surface area contributed by atoms with Crippen LogP contribution in [0.4, 0.5) is 4.39 Å². The molecule has 2 heterocycles. The van der Waals surface area contributed by atoms with Gasteiger partial charge in [0.05, 0.1) is 16.4 Å². The van der Waals surface area contributed by atoms with E-state index in [-0.39, 0.29) is 11.7 Å². The summed E-state index contributed by atoms with van der Waals surface area (Å²) in [5.74, 6) is -0.403. The molecule has 0 saturated carbocycles. The molecule has 112 valence electrons. The molecule has 2 aromatic heterocycles. The Bertz CT molecular complexity index is 852. The Labute approximate surface area is 133 Å². The summed E-state index contributed by atoms with van der Waals surface area (Å²) >= 11 is 5.17. The third kappa shape index (κ3) is 2.37. The lowest BCUT2D eigenvalue weighted by Crippen LogP contribution is -2.18. The van der Waals surface area contributed by atoms with Crippen LogP contribution in [0.1, 0.15) is 24.1 Å². The smallest absolute Gasteiger partial charge is 0.140 e. The van der Waals surface area contributed by atoms with Crippen LogP contribution in [0.15, 0.2) is 42.6 Å². The highest BCUT2D eigenvalue weighted by molar-refractivity contribution is 7.80. The van der Waals surface area contributed by atoms with Gasteiger partial charge in [-0.05, 0) is 42.8 Å². The highest BCUT2D eigenvalue weighted by Crippen LogP contribution is 2.31. The number of halogens is 1. The Morgan fingerprint density at radius 2 is 1.95 bits per heavy atom. The predicted molar refractivity (Wildman–Crippen MR) is 90.5 cm³/mol. The highest BCUT2D eigenvalue weighted by Gasteiger charge is 2.21. The van der Waals surface area contributed by atoms with Crippen molar-refractivity contribution in [1.82, 2.24) is 9.38 Å². The van der Waals surface area contributed by atoms with Gasteiger partial charge in [0.1, 0.15) is 11.5 Å². The first-order valence-corrected chi connectivity index (χ1v) is 7.42. The summed E-state index contributed by atoms with van der Waals surface area (Å²) < 4.78 is 15.2. The first-order chi connectivity index (χ1) is 10.5. The highest BCUT2D eigenvalue weighted by atomic mass is 32.1. The Hall–Kier alpha value is -2.27. The van der Waals surface area contributed by atoms with Crippen LogP contribution in [0.2, 0.25) is 0 Å². The zero-order valence-corrected chi connectivity index (χ0v) is 13.2. The summed E-state index contributed by atoms with van der Waals surface area (Å²) in [6.45, 7) is 3.97.